The third-order valence-corrected chi connectivity index (χ3v) is 4.22. The first-order valence-electron chi connectivity index (χ1n) is 6.33. The quantitative estimate of drug-likeness (QED) is 0.492. The van der Waals surface area contributed by atoms with Crippen molar-refractivity contribution in [2.45, 2.75) is 12.5 Å². The minimum Gasteiger partial charge on any atom is -0.473 e. The first-order valence-corrected chi connectivity index (χ1v) is 7.21. The highest BCUT2D eigenvalue weighted by Gasteiger charge is 2.38. The van der Waals surface area contributed by atoms with Crippen molar-refractivity contribution in [2.75, 3.05) is 0 Å². The normalized spacial score (nSPS) is 17.0. The van der Waals surface area contributed by atoms with Crippen molar-refractivity contribution in [3.8, 4) is 5.75 Å². The van der Waals surface area contributed by atoms with E-state index in [1.807, 2.05) is 11.4 Å². The van der Waals surface area contributed by atoms with Gasteiger partial charge in [-0.15, -0.1) is 11.3 Å². The van der Waals surface area contributed by atoms with Crippen LogP contribution in [0.15, 0.2) is 47.5 Å². The number of hydrogen-bond acceptors (Lipinski definition) is 5. The molecule has 6 heteroatoms. The lowest BCUT2D eigenvalue weighted by molar-refractivity contribution is -0.435. The maximum atomic E-state index is 11.5. The summed E-state index contributed by atoms with van der Waals surface area (Å²) in [5, 5.41) is 13.4. The van der Waals surface area contributed by atoms with Crippen LogP contribution in [0, 0.1) is 10.1 Å². The van der Waals surface area contributed by atoms with Crippen LogP contribution < -0.4 is 4.74 Å². The summed E-state index contributed by atoms with van der Waals surface area (Å²) in [5.74, 6) is 0.568. The number of hydrogen-bond donors (Lipinski definition) is 0. The number of allylic oxidation sites excluding steroid dienone is 1. The van der Waals surface area contributed by atoms with E-state index in [1.165, 1.54) is 11.3 Å². The number of nitrogens with zero attached hydrogens (tertiary/aromatic N) is 1. The smallest absolute Gasteiger partial charge is 0.296 e. The predicted molar refractivity (Wildman–Crippen MR) is 78.7 cm³/mol. The van der Waals surface area contributed by atoms with Crippen LogP contribution in [-0.4, -0.2) is 11.2 Å². The second-order valence-corrected chi connectivity index (χ2v) is 5.48. The summed E-state index contributed by atoms with van der Waals surface area (Å²) in [6, 6.07) is 10.7. The summed E-state index contributed by atoms with van der Waals surface area (Å²) < 4.78 is 5.82. The molecule has 0 spiro atoms. The number of para-hydroxylation sites is 1. The molecule has 1 aromatic carbocycles. The van der Waals surface area contributed by atoms with Crippen molar-refractivity contribution >= 4 is 23.2 Å². The fraction of sp³-hybridized carbons (Fsp3) is 0.133. The molecular formula is C15H11NO4S. The summed E-state index contributed by atoms with van der Waals surface area (Å²) in [7, 11) is 0. The lowest BCUT2D eigenvalue weighted by atomic mass is 9.94. The molecule has 1 aromatic heterocycles. The number of nitro groups is 1. The number of benzene rings is 1. The van der Waals surface area contributed by atoms with E-state index < -0.39 is 11.0 Å². The minimum atomic E-state index is -0.773. The van der Waals surface area contributed by atoms with Crippen LogP contribution >= 0.6 is 11.3 Å². The Morgan fingerprint density at radius 1 is 1.29 bits per heavy atom. The molecule has 0 bridgehead atoms. The molecule has 2 heterocycles. The molecule has 21 heavy (non-hydrogen) atoms. The van der Waals surface area contributed by atoms with Gasteiger partial charge in [-0.3, -0.25) is 10.1 Å². The van der Waals surface area contributed by atoms with E-state index in [0.29, 0.717) is 23.2 Å². The summed E-state index contributed by atoms with van der Waals surface area (Å²) in [4.78, 5) is 22.8. The second kappa shape index (κ2) is 5.49. The molecule has 0 fully saturated rings. The lowest BCUT2D eigenvalue weighted by Gasteiger charge is -2.25. The van der Waals surface area contributed by atoms with Gasteiger partial charge in [-0.2, -0.15) is 0 Å². The molecule has 0 N–H and O–H groups in total. The molecule has 1 aliphatic rings. The van der Waals surface area contributed by atoms with Gasteiger partial charge in [0.1, 0.15) is 12.0 Å². The molecule has 0 saturated carbocycles. The van der Waals surface area contributed by atoms with Gasteiger partial charge in [-0.1, -0.05) is 24.3 Å². The Morgan fingerprint density at radius 2 is 2.10 bits per heavy atom. The molecule has 0 unspecified atom stereocenters. The summed E-state index contributed by atoms with van der Waals surface area (Å²) in [6.07, 6.45) is -0.0878. The van der Waals surface area contributed by atoms with Gasteiger partial charge in [-0.25, -0.2) is 0 Å². The van der Waals surface area contributed by atoms with Crippen molar-refractivity contribution < 1.29 is 14.5 Å². The van der Waals surface area contributed by atoms with Crippen LogP contribution in [0.3, 0.4) is 0 Å². The van der Waals surface area contributed by atoms with E-state index in [9.17, 15) is 14.9 Å². The fourth-order valence-corrected chi connectivity index (χ4v) is 3.19. The fourth-order valence-electron chi connectivity index (χ4n) is 2.43. The minimum absolute atomic E-state index is 0.00143. The zero-order valence-electron chi connectivity index (χ0n) is 10.9. The molecule has 1 aliphatic heterocycles. The number of fused-ring (bicyclic) bond motifs is 1. The molecule has 0 saturated heterocycles. The van der Waals surface area contributed by atoms with E-state index in [4.69, 9.17) is 4.74 Å². The van der Waals surface area contributed by atoms with Crippen LogP contribution in [0.4, 0.5) is 0 Å². The Labute approximate surface area is 124 Å². The van der Waals surface area contributed by atoms with E-state index in [1.54, 1.807) is 30.3 Å². The van der Waals surface area contributed by atoms with Gasteiger partial charge in [0.05, 0.1) is 9.80 Å². The van der Waals surface area contributed by atoms with Crippen LogP contribution in [-0.2, 0) is 4.79 Å². The molecular weight excluding hydrogens is 290 g/mol. The Bertz CT molecular complexity index is 721. The highest BCUT2D eigenvalue weighted by atomic mass is 32.1. The van der Waals surface area contributed by atoms with Crippen LogP contribution in [0.25, 0.3) is 5.57 Å². The summed E-state index contributed by atoms with van der Waals surface area (Å²) in [6.45, 7) is 0. The van der Waals surface area contributed by atoms with E-state index >= 15 is 0 Å². The van der Waals surface area contributed by atoms with Crippen molar-refractivity contribution in [3.63, 3.8) is 0 Å². The highest BCUT2D eigenvalue weighted by Crippen LogP contribution is 2.44. The Balaban J connectivity index is 2.23. The Morgan fingerprint density at radius 3 is 2.76 bits per heavy atom. The highest BCUT2D eigenvalue weighted by molar-refractivity contribution is 7.10. The zero-order valence-corrected chi connectivity index (χ0v) is 11.7. The van der Waals surface area contributed by atoms with Gasteiger partial charge in [0.15, 0.2) is 0 Å². The molecule has 1 atom stereocenters. The van der Waals surface area contributed by atoms with Crippen molar-refractivity contribution in [3.05, 3.63) is 68.0 Å². The number of carbonyl (C=O) groups excluding carboxylic acids is 1. The topological polar surface area (TPSA) is 69.4 Å². The number of aldehydes is 1. The van der Waals surface area contributed by atoms with Gasteiger partial charge in [0.25, 0.3) is 5.70 Å². The Kier molecular flexibility index (Phi) is 3.53. The van der Waals surface area contributed by atoms with Gasteiger partial charge >= 0.3 is 0 Å². The average Bonchev–Trinajstić information content (AvgIpc) is 3.01. The maximum Gasteiger partial charge on any atom is 0.296 e. The van der Waals surface area contributed by atoms with E-state index in [2.05, 4.69) is 0 Å². The number of rotatable bonds is 4. The molecule has 0 radical (unpaired) electrons. The van der Waals surface area contributed by atoms with Crippen molar-refractivity contribution in [1.29, 1.82) is 0 Å². The first kappa shape index (κ1) is 13.5. The average molecular weight is 301 g/mol. The summed E-state index contributed by atoms with van der Waals surface area (Å²) in [5.41, 5.74) is 0.989. The first-order chi connectivity index (χ1) is 10.2. The van der Waals surface area contributed by atoms with E-state index in [0.717, 1.165) is 4.88 Å². The van der Waals surface area contributed by atoms with Crippen LogP contribution in [0.5, 0.6) is 5.75 Å². The molecule has 0 aliphatic carbocycles. The third kappa shape index (κ3) is 2.34. The van der Waals surface area contributed by atoms with Crippen molar-refractivity contribution in [1.82, 2.24) is 0 Å². The van der Waals surface area contributed by atoms with Crippen LogP contribution in [0.1, 0.15) is 23.0 Å². The van der Waals surface area contributed by atoms with Crippen molar-refractivity contribution in [2.24, 2.45) is 0 Å². The molecule has 0 amide bonds. The number of thiophene rings is 1. The molecule has 3 rings (SSSR count). The molecule has 2 aromatic rings. The van der Waals surface area contributed by atoms with Gasteiger partial charge in [0.2, 0.25) is 6.10 Å². The predicted octanol–water partition coefficient (Wildman–Crippen LogP) is 3.46. The number of carbonyl (C=O) groups is 1. The molecule has 106 valence electrons. The monoisotopic (exact) mass is 301 g/mol. The molecule has 5 nitrogen and oxygen atoms in total. The summed E-state index contributed by atoms with van der Waals surface area (Å²) >= 11 is 1.39. The van der Waals surface area contributed by atoms with Gasteiger partial charge in [0, 0.05) is 17.6 Å². The number of ether oxygens (including phenoxy) is 1. The zero-order chi connectivity index (χ0) is 14.8. The maximum absolute atomic E-state index is 11.5. The second-order valence-electron chi connectivity index (χ2n) is 4.50. The van der Waals surface area contributed by atoms with E-state index in [-0.39, 0.29) is 12.1 Å². The SMILES string of the molecule is O=CCC1=C([N+](=O)[O-])[C@H](c2cccs2)Oc2ccccc21. The van der Waals surface area contributed by atoms with Crippen LogP contribution in [0.2, 0.25) is 0 Å². The Hall–Kier alpha value is -2.47. The van der Waals surface area contributed by atoms with Gasteiger partial charge in [-0.05, 0) is 17.5 Å². The third-order valence-electron chi connectivity index (χ3n) is 3.30. The largest absolute Gasteiger partial charge is 0.473 e. The standard InChI is InChI=1S/C15H11NO4S/c17-8-7-11-10-4-1-2-5-12(10)20-15(14(11)16(18)19)13-6-3-9-21-13/h1-6,8-9,15H,7H2/t15-/m0/s1. The lowest BCUT2D eigenvalue weighted by Crippen LogP contribution is -2.22. The van der Waals surface area contributed by atoms with Gasteiger partial charge < -0.3 is 9.53 Å².